The van der Waals surface area contributed by atoms with E-state index in [1.807, 2.05) is 111 Å². The second-order valence-electron chi connectivity index (χ2n) is 38.0. The van der Waals surface area contributed by atoms with Crippen molar-refractivity contribution < 1.29 is 104 Å². The lowest BCUT2D eigenvalue weighted by atomic mass is 9.77. The average Bonchev–Trinajstić information content (AvgIpc) is 1.70. The molecular weight excluding hydrogens is 1640 g/mol. The van der Waals surface area contributed by atoms with E-state index in [0.717, 1.165) is 62.7 Å². The first-order valence-corrected chi connectivity index (χ1v) is 50.1. The SMILES string of the molecule is CC(C)CCCCC(=O)C1C[C@H](OC(C)C)C[C@H]1COP(=O)(O)O[C@@H]1C[C@@H](COC(C)C)N(C(=O)CCNC(C)C)C1.CC(C)CCSC1CC(=O)N(CC2CCC(C(=O)CC(Cc3ccc(O)cc3)C(=O)NC(C)C)CC2)C1=O.CC(C)NCCC(=O)N1CC(OP(=O)(O)OC[C@@H]2C[C@@H](OC(C)C)CN2C(=O)CCCC(=O)C(C)C)C[C@H]1COC(C)C. The number of Topliss-reactive ketones (excluding diaryl/α,β-unsaturated/α-hetero) is 3. The Balaban J connectivity index is 0.000000328. The number of phosphoric acid groups is 2. The number of phenolic OH excluding ortho intramolecular Hbond substituents is 1. The minimum Gasteiger partial charge on any atom is -0.508 e. The number of thioether (sulfide) groups is 1. The minimum atomic E-state index is -4.51. The zero-order valence-corrected chi connectivity index (χ0v) is 80.7. The van der Waals surface area contributed by atoms with Gasteiger partial charge in [-0.15, -0.1) is 11.8 Å². The molecule has 4 aliphatic heterocycles. The number of hydrogen-bond acceptors (Lipinski definition) is 23. The number of nitrogens with zero attached hydrogens (tertiary/aromatic N) is 4. The number of ether oxygens (including phenoxy) is 4. The average molecular weight is 1800 g/mol. The number of phosphoric ester groups is 2. The van der Waals surface area contributed by atoms with Crippen LogP contribution in [0.2, 0.25) is 0 Å². The van der Waals surface area contributed by atoms with E-state index >= 15 is 0 Å². The molecule has 1 aromatic rings. The van der Waals surface area contributed by atoms with Gasteiger partial charge in [0, 0.05) is 126 Å². The third-order valence-corrected chi connectivity index (χ3v) is 26.4. The van der Waals surface area contributed by atoms with Gasteiger partial charge >= 0.3 is 15.6 Å². The van der Waals surface area contributed by atoms with Gasteiger partial charge in [-0.25, -0.2) is 9.13 Å². The number of nitrogens with one attached hydrogen (secondary N) is 3. The molecule has 6 amide bonds. The maximum Gasteiger partial charge on any atom is 0.472 e. The molecule has 0 aromatic heterocycles. The Bertz CT molecular complexity index is 3490. The van der Waals surface area contributed by atoms with Gasteiger partial charge in [-0.05, 0) is 200 Å². The van der Waals surface area contributed by atoms with Crippen molar-refractivity contribution in [2.75, 3.05) is 71.4 Å². The van der Waals surface area contributed by atoms with Crippen molar-refractivity contribution >= 4 is 80.2 Å². The summed E-state index contributed by atoms with van der Waals surface area (Å²) in [4.78, 5) is 144. The van der Waals surface area contributed by atoms with Crippen molar-refractivity contribution in [2.45, 2.75) is 370 Å². The molecule has 0 bridgehead atoms. The fourth-order valence-corrected chi connectivity index (χ4v) is 20.0. The highest BCUT2D eigenvalue weighted by atomic mass is 32.2. The van der Waals surface area contributed by atoms with Crippen LogP contribution in [0.4, 0.5) is 0 Å². The summed E-state index contributed by atoms with van der Waals surface area (Å²) in [6.07, 6.45) is 10.8. The zero-order valence-electron chi connectivity index (χ0n) is 78.1. The molecule has 1 aromatic carbocycles. The normalized spacial score (nSPS) is 24.4. The number of rotatable bonds is 52. The number of likely N-dealkylation sites (tertiary alicyclic amines) is 4. The van der Waals surface area contributed by atoms with Crippen molar-refractivity contribution in [2.24, 2.45) is 47.3 Å². The highest BCUT2D eigenvalue weighted by Gasteiger charge is 2.47. The Morgan fingerprint density at radius 1 is 0.528 bits per heavy atom. The maximum atomic E-state index is 13.2. The molecule has 0 radical (unpaired) electrons. The van der Waals surface area contributed by atoms with Crippen molar-refractivity contribution in [3.8, 4) is 5.75 Å². The molecule has 6 aliphatic rings. The third kappa shape index (κ3) is 41.4. The Kier molecular flexibility index (Phi) is 48.5. The monoisotopic (exact) mass is 1800 g/mol. The lowest BCUT2D eigenvalue weighted by molar-refractivity contribution is -0.140. The minimum absolute atomic E-state index is 0.00224. The van der Waals surface area contributed by atoms with Crippen molar-refractivity contribution in [3.63, 3.8) is 0 Å². The first kappa shape index (κ1) is 109. The molecule has 32 heteroatoms. The van der Waals surface area contributed by atoms with Crippen LogP contribution < -0.4 is 16.0 Å². The van der Waals surface area contributed by atoms with Gasteiger partial charge in [0.15, 0.2) is 0 Å². The van der Waals surface area contributed by atoms with Crippen LogP contribution in [0.1, 0.15) is 279 Å². The molecule has 706 valence electrons. The van der Waals surface area contributed by atoms with Crippen LogP contribution in [-0.2, 0) is 95.7 Å². The van der Waals surface area contributed by atoms with E-state index in [2.05, 4.69) is 43.6 Å². The van der Waals surface area contributed by atoms with Crippen LogP contribution in [0.25, 0.3) is 0 Å². The summed E-state index contributed by atoms with van der Waals surface area (Å²) in [5.41, 5.74) is 0.906. The van der Waals surface area contributed by atoms with E-state index in [9.17, 15) is 67.2 Å². The summed E-state index contributed by atoms with van der Waals surface area (Å²) < 4.78 is 71.8. The molecular formula is C91H159N7O22P2S. The van der Waals surface area contributed by atoms with E-state index < -0.39 is 39.8 Å². The number of amides is 6. The molecule has 7 rings (SSSR count). The van der Waals surface area contributed by atoms with Crippen molar-refractivity contribution in [3.05, 3.63) is 29.8 Å². The molecule has 2 aliphatic carbocycles. The van der Waals surface area contributed by atoms with Gasteiger partial charge in [0.05, 0.1) is 98.6 Å². The molecule has 4 heterocycles. The summed E-state index contributed by atoms with van der Waals surface area (Å²) in [6.45, 7) is 42.3. The van der Waals surface area contributed by atoms with E-state index in [0.29, 0.717) is 128 Å². The predicted molar refractivity (Wildman–Crippen MR) is 478 cm³/mol. The topological polar surface area (TPSA) is 371 Å². The van der Waals surface area contributed by atoms with E-state index in [1.165, 1.54) is 4.90 Å². The maximum absolute atomic E-state index is 13.2. The van der Waals surface area contributed by atoms with Crippen LogP contribution in [0, 0.1) is 47.3 Å². The number of imide groups is 1. The lowest BCUT2D eigenvalue weighted by Crippen LogP contribution is -2.40. The van der Waals surface area contributed by atoms with E-state index in [1.54, 1.807) is 50.7 Å². The molecule has 123 heavy (non-hydrogen) atoms. The summed E-state index contributed by atoms with van der Waals surface area (Å²) in [7, 11) is -8.95. The molecule has 6 fully saturated rings. The van der Waals surface area contributed by atoms with Gasteiger partial charge in [0.1, 0.15) is 23.1 Å². The Labute approximate surface area is 740 Å². The molecule has 6 unspecified atom stereocenters. The van der Waals surface area contributed by atoms with Crippen LogP contribution in [-0.4, -0.2) is 249 Å². The fraction of sp³-hybridized carbons (Fsp3) is 0.835. The highest BCUT2D eigenvalue weighted by Crippen LogP contribution is 2.50. The number of aromatic hydroxyl groups is 1. The number of hydrogen-bond donors (Lipinski definition) is 6. The van der Waals surface area contributed by atoms with Gasteiger partial charge in [-0.3, -0.25) is 66.1 Å². The quantitative estimate of drug-likeness (QED) is 0.0200. The number of unbranched alkanes of at least 4 members (excludes halogenated alkanes) is 1. The standard InChI is InChI=1S/C31H59N2O8P.C30H56N3O9P.C30H44N2O5S/c1-21(2)11-9-10-12-30(34)29-17-27(40-24(7)8)15-25(29)19-39-42(36,37)41-28-16-26(20-38-23(5)6)33(18-28)31(35)13-14-32-22(3)4;1-20(2)28(34)10-9-11-29(35)32-16-26(41-23(7)8)14-25(32)19-40-43(37,38)42-27-15-24(18-39-22(5)6)33(17-27)30(36)12-13-31-21(3)4;1-19(2)13-14-38-27-17-28(35)32(30(27)37)18-22-5-9-23(10-6-22)26(34)16-24(29(36)31-20(3)4)15-21-7-11-25(33)12-8-21/h21-29,32H,9-20H2,1-8H3,(H,36,37);20-27,31H,9-19H2,1-8H3,(H,37,38);7-8,11-12,19-20,22-24,27,33H,5-6,9-10,13-18H2,1-4H3,(H,31,36)/t25-,26-,27+,28+,29?;24-,25-,26+,27?;/m00./s1. The van der Waals surface area contributed by atoms with E-state index in [4.69, 9.17) is 37.0 Å². The highest BCUT2D eigenvalue weighted by molar-refractivity contribution is 8.00. The van der Waals surface area contributed by atoms with Gasteiger partial charge in [0.2, 0.25) is 35.4 Å². The first-order chi connectivity index (χ1) is 57.8. The Morgan fingerprint density at radius 3 is 1.52 bits per heavy atom. The molecule has 0 spiro atoms. The second kappa shape index (κ2) is 54.8. The number of carbonyl (C=O) groups is 9. The third-order valence-electron chi connectivity index (χ3n) is 23.1. The van der Waals surface area contributed by atoms with Crippen LogP contribution >= 0.6 is 27.4 Å². The summed E-state index contributed by atoms with van der Waals surface area (Å²) in [5.74, 6) is 1.30. The molecule has 4 saturated heterocycles. The molecule has 13 atom stereocenters. The first-order valence-electron chi connectivity index (χ1n) is 46.1. The Hall–Kier alpha value is -4.62. The van der Waals surface area contributed by atoms with Crippen LogP contribution in [0.3, 0.4) is 0 Å². The lowest BCUT2D eigenvalue weighted by Gasteiger charge is -2.30. The molecule has 2 saturated carbocycles. The Morgan fingerprint density at radius 2 is 1.02 bits per heavy atom. The second-order valence-corrected chi connectivity index (χ2v) is 42.1. The predicted octanol–water partition coefficient (Wildman–Crippen LogP) is 13.9. The number of ketones is 3. The summed E-state index contributed by atoms with van der Waals surface area (Å²) in [5, 5.41) is 18.8. The van der Waals surface area contributed by atoms with Crippen molar-refractivity contribution in [1.29, 1.82) is 0 Å². The fourth-order valence-electron chi connectivity index (χ4n) is 16.6. The number of benzene rings is 1. The molecule has 6 N–H and O–H groups in total. The van der Waals surface area contributed by atoms with Crippen LogP contribution in [0.15, 0.2) is 24.3 Å². The van der Waals surface area contributed by atoms with Gasteiger partial charge in [0.25, 0.3) is 0 Å². The van der Waals surface area contributed by atoms with E-state index in [-0.39, 0.29) is 199 Å². The van der Waals surface area contributed by atoms with Gasteiger partial charge in [-0.1, -0.05) is 94.2 Å². The largest absolute Gasteiger partial charge is 0.508 e. The summed E-state index contributed by atoms with van der Waals surface area (Å²) >= 11 is 1.61. The zero-order chi connectivity index (χ0) is 91.6. The van der Waals surface area contributed by atoms with Gasteiger partial charge < -0.3 is 64.5 Å². The number of phenols is 1. The van der Waals surface area contributed by atoms with Crippen LogP contribution in [0.5, 0.6) is 5.75 Å². The smallest absolute Gasteiger partial charge is 0.472 e. The summed E-state index contributed by atoms with van der Waals surface area (Å²) in [6, 6.07) is 6.29. The number of carbonyl (C=O) groups excluding carboxylic acids is 9. The van der Waals surface area contributed by atoms with Gasteiger partial charge in [-0.2, -0.15) is 0 Å². The van der Waals surface area contributed by atoms with Crippen molar-refractivity contribution in [1.82, 2.24) is 35.6 Å². The molecule has 29 nitrogen and oxygen atoms in total.